The van der Waals surface area contributed by atoms with Gasteiger partial charge in [0.1, 0.15) is 11.9 Å². The quantitative estimate of drug-likeness (QED) is 0.371. The molecule has 0 amide bonds. The van der Waals surface area contributed by atoms with Crippen LogP contribution in [0.25, 0.3) is 0 Å². The smallest absolute Gasteiger partial charge is 0.168 e. The van der Waals surface area contributed by atoms with Crippen molar-refractivity contribution in [2.75, 3.05) is 72.2 Å². The second-order valence-electron chi connectivity index (χ2n) is 9.50. The number of aromatic amines is 1. The number of rotatable bonds is 5. The fourth-order valence-corrected chi connectivity index (χ4v) is 6.66. The van der Waals surface area contributed by atoms with E-state index in [4.69, 9.17) is 9.84 Å². The predicted octanol–water partition coefficient (Wildman–Crippen LogP) is -1.42. The lowest BCUT2D eigenvalue weighted by atomic mass is 9.81. The maximum Gasteiger partial charge on any atom is 0.168 e. The zero-order valence-electron chi connectivity index (χ0n) is 19.0. The lowest BCUT2D eigenvalue weighted by molar-refractivity contribution is -0.310. The molecule has 5 N–H and O–H groups in total. The van der Waals surface area contributed by atoms with Crippen LogP contribution >= 0.6 is 0 Å². The first-order valence-corrected chi connectivity index (χ1v) is 12.5. The third kappa shape index (κ3) is 3.11. The van der Waals surface area contributed by atoms with Crippen molar-refractivity contribution in [3.63, 3.8) is 0 Å². The van der Waals surface area contributed by atoms with E-state index in [2.05, 4.69) is 52.5 Å². The molecule has 32 heavy (non-hydrogen) atoms. The number of nitrogens with zero attached hydrogens (tertiary/aromatic N) is 5. The van der Waals surface area contributed by atoms with E-state index in [1.807, 2.05) is 6.20 Å². The average Bonchev–Trinajstić information content (AvgIpc) is 3.67. The van der Waals surface area contributed by atoms with Crippen LogP contribution in [0.4, 0.5) is 0 Å². The summed E-state index contributed by atoms with van der Waals surface area (Å²) in [5, 5.41) is 27.0. The summed E-state index contributed by atoms with van der Waals surface area (Å²) in [5.74, 6) is 0. The van der Waals surface area contributed by atoms with E-state index in [0.717, 1.165) is 84.3 Å². The van der Waals surface area contributed by atoms with Crippen molar-refractivity contribution in [3.05, 3.63) is 18.0 Å². The van der Waals surface area contributed by atoms with Crippen LogP contribution in [0.2, 0.25) is 0 Å². The largest absolute Gasteiger partial charge is 0.358 e. The normalized spacial score (nSPS) is 38.7. The van der Waals surface area contributed by atoms with Crippen LogP contribution in [0, 0.1) is 0 Å². The number of aromatic nitrogens is 2. The second kappa shape index (κ2) is 8.90. The van der Waals surface area contributed by atoms with E-state index < -0.39 is 11.3 Å². The average molecular weight is 447 g/mol. The third-order valence-electron chi connectivity index (χ3n) is 7.87. The monoisotopic (exact) mass is 446 g/mol. The lowest BCUT2D eigenvalue weighted by Crippen LogP contribution is -2.90. The molecule has 0 spiro atoms. The molecule has 5 fully saturated rings. The van der Waals surface area contributed by atoms with Gasteiger partial charge in [-0.15, -0.1) is 0 Å². The van der Waals surface area contributed by atoms with Crippen LogP contribution in [-0.2, 0) is 10.4 Å². The number of nitrogens with one attached hydrogen (secondary N) is 5. The molecule has 11 heteroatoms. The number of hydrazine groups is 2. The SMILES string of the molecule is c1cc(C2(N3CCCN3)NCCN(N3CCCCC3)C2(C2NCCO2)N2CCNC2)n[nH]1. The minimum absolute atomic E-state index is 0.156. The highest BCUT2D eigenvalue weighted by molar-refractivity contribution is 5.27. The molecule has 0 radical (unpaired) electrons. The van der Waals surface area contributed by atoms with Crippen LogP contribution in [0.15, 0.2) is 12.3 Å². The molecule has 178 valence electrons. The summed E-state index contributed by atoms with van der Waals surface area (Å²) < 4.78 is 6.56. The van der Waals surface area contributed by atoms with Crippen molar-refractivity contribution in [1.82, 2.24) is 51.5 Å². The highest BCUT2D eigenvalue weighted by atomic mass is 16.5. The molecule has 0 aromatic carbocycles. The molecule has 6 rings (SSSR count). The fraction of sp³-hybridized carbons (Fsp3) is 0.857. The van der Waals surface area contributed by atoms with Crippen LogP contribution in [-0.4, -0.2) is 114 Å². The van der Waals surface area contributed by atoms with Crippen LogP contribution < -0.4 is 21.4 Å². The predicted molar refractivity (Wildman–Crippen MR) is 120 cm³/mol. The molecule has 1 aromatic heterocycles. The molecular weight excluding hydrogens is 408 g/mol. The molecule has 0 saturated carbocycles. The van der Waals surface area contributed by atoms with Gasteiger partial charge in [0.25, 0.3) is 0 Å². The van der Waals surface area contributed by atoms with Gasteiger partial charge in [0.15, 0.2) is 11.3 Å². The molecular formula is C21H38N10O. The standard InChI is InChI=1S/C21H38N10O/c1-2-11-29(12-3-1)31-15-9-24-20(18-5-7-25-27-18,30-13-4-6-26-30)21(31,19-23-10-16-32-19)28-14-8-22-17-28/h5,7,19,22-24,26H,1-4,6,8-17H2,(H,25,27). The summed E-state index contributed by atoms with van der Waals surface area (Å²) in [6.45, 7) is 10.3. The molecule has 0 bridgehead atoms. The van der Waals surface area contributed by atoms with Gasteiger partial charge in [-0.2, -0.15) is 5.10 Å². The minimum Gasteiger partial charge on any atom is -0.358 e. The van der Waals surface area contributed by atoms with Crippen LogP contribution in [0.1, 0.15) is 31.4 Å². The first kappa shape index (κ1) is 21.4. The van der Waals surface area contributed by atoms with E-state index in [1.54, 1.807) is 0 Å². The Bertz CT molecular complexity index is 722. The Kier molecular flexibility index (Phi) is 5.95. The van der Waals surface area contributed by atoms with Crippen molar-refractivity contribution >= 4 is 0 Å². The van der Waals surface area contributed by atoms with Gasteiger partial charge in [-0.05, 0) is 25.3 Å². The maximum absolute atomic E-state index is 6.56. The van der Waals surface area contributed by atoms with E-state index in [-0.39, 0.29) is 6.23 Å². The molecule has 11 nitrogen and oxygen atoms in total. The number of ether oxygens (including phenoxy) is 1. The van der Waals surface area contributed by atoms with Crippen molar-refractivity contribution in [2.24, 2.45) is 0 Å². The maximum atomic E-state index is 6.56. The van der Waals surface area contributed by atoms with Gasteiger partial charge in [-0.3, -0.25) is 26.1 Å². The number of H-pyrrole nitrogens is 1. The van der Waals surface area contributed by atoms with Gasteiger partial charge in [0.05, 0.1) is 13.3 Å². The highest BCUT2D eigenvalue weighted by Crippen LogP contribution is 2.48. The Morgan fingerprint density at radius 3 is 2.59 bits per heavy atom. The van der Waals surface area contributed by atoms with Crippen LogP contribution in [0.3, 0.4) is 0 Å². The molecule has 1 aromatic rings. The van der Waals surface area contributed by atoms with Gasteiger partial charge in [-0.1, -0.05) is 6.42 Å². The molecule has 5 aliphatic rings. The van der Waals surface area contributed by atoms with Crippen molar-refractivity contribution in [3.8, 4) is 0 Å². The van der Waals surface area contributed by atoms with E-state index in [0.29, 0.717) is 0 Å². The third-order valence-corrected chi connectivity index (χ3v) is 7.87. The zero-order chi connectivity index (χ0) is 21.4. The van der Waals surface area contributed by atoms with Crippen LogP contribution in [0.5, 0.6) is 0 Å². The molecule has 5 aliphatic heterocycles. The Balaban J connectivity index is 1.58. The summed E-state index contributed by atoms with van der Waals surface area (Å²) >= 11 is 0. The van der Waals surface area contributed by atoms with Gasteiger partial charge >= 0.3 is 0 Å². The number of piperazine rings is 1. The van der Waals surface area contributed by atoms with E-state index >= 15 is 0 Å². The van der Waals surface area contributed by atoms with Gasteiger partial charge < -0.3 is 10.1 Å². The molecule has 3 atom stereocenters. The second-order valence-corrected chi connectivity index (χ2v) is 9.50. The van der Waals surface area contributed by atoms with E-state index in [1.165, 1.54) is 19.3 Å². The molecule has 0 aliphatic carbocycles. The summed E-state index contributed by atoms with van der Waals surface area (Å²) in [5.41, 5.74) is 3.63. The first-order valence-electron chi connectivity index (χ1n) is 12.5. The zero-order valence-corrected chi connectivity index (χ0v) is 19.0. The highest BCUT2D eigenvalue weighted by Gasteiger charge is 2.71. The summed E-state index contributed by atoms with van der Waals surface area (Å²) in [6, 6.07) is 2.14. The van der Waals surface area contributed by atoms with Gasteiger partial charge in [0, 0.05) is 65.1 Å². The molecule has 3 unspecified atom stereocenters. The Morgan fingerprint density at radius 2 is 1.91 bits per heavy atom. The Hall–Kier alpha value is -1.15. The number of hydrogen-bond acceptors (Lipinski definition) is 10. The topological polar surface area (TPSA) is 99.0 Å². The van der Waals surface area contributed by atoms with E-state index in [9.17, 15) is 0 Å². The summed E-state index contributed by atoms with van der Waals surface area (Å²) in [7, 11) is 0. The molecule has 6 heterocycles. The number of hydrogen-bond donors (Lipinski definition) is 5. The Labute approximate surface area is 190 Å². The fourth-order valence-electron chi connectivity index (χ4n) is 6.66. The van der Waals surface area contributed by atoms with Crippen molar-refractivity contribution < 1.29 is 4.74 Å². The summed E-state index contributed by atoms with van der Waals surface area (Å²) in [6.07, 6.45) is 6.71. The first-order chi connectivity index (χ1) is 15.9. The Morgan fingerprint density at radius 1 is 0.969 bits per heavy atom. The summed E-state index contributed by atoms with van der Waals surface area (Å²) in [4.78, 5) is 2.60. The lowest BCUT2D eigenvalue weighted by Gasteiger charge is -2.67. The number of piperidine rings is 1. The van der Waals surface area contributed by atoms with Gasteiger partial charge in [-0.25, -0.2) is 15.0 Å². The van der Waals surface area contributed by atoms with Crippen molar-refractivity contribution in [2.45, 2.75) is 43.2 Å². The van der Waals surface area contributed by atoms with Crippen molar-refractivity contribution in [1.29, 1.82) is 0 Å². The van der Waals surface area contributed by atoms with Gasteiger partial charge in [0.2, 0.25) is 0 Å². The molecule has 5 saturated heterocycles. The minimum atomic E-state index is -0.590.